The Morgan fingerprint density at radius 3 is 2.07 bits per heavy atom. The van der Waals surface area contributed by atoms with Gasteiger partial charge in [0.2, 0.25) is 0 Å². The lowest BCUT2D eigenvalue weighted by Crippen LogP contribution is -2.28. The highest BCUT2D eigenvalue weighted by Crippen LogP contribution is 2.32. The van der Waals surface area contributed by atoms with Gasteiger partial charge in [0.25, 0.3) is 0 Å². The van der Waals surface area contributed by atoms with Crippen LogP contribution in [0.1, 0.15) is 6.92 Å². The van der Waals surface area contributed by atoms with E-state index in [2.05, 4.69) is 15.6 Å². The summed E-state index contributed by atoms with van der Waals surface area (Å²) in [7, 11) is 0. The van der Waals surface area contributed by atoms with Crippen LogP contribution < -0.4 is 10.6 Å². The van der Waals surface area contributed by atoms with Crippen LogP contribution in [-0.2, 0) is 0 Å². The lowest BCUT2D eigenvalue weighted by molar-refractivity contribution is 0.979. The third-order valence-electron chi connectivity index (χ3n) is 4.26. The smallest absolute Gasteiger partial charge is 0.170 e. The molecule has 0 aliphatic carbocycles. The van der Waals surface area contributed by atoms with Crippen molar-refractivity contribution in [2.24, 2.45) is 0 Å². The normalized spacial score (nSPS) is 10.6. The van der Waals surface area contributed by atoms with E-state index in [1.807, 2.05) is 67.6 Å². The van der Waals surface area contributed by atoms with Gasteiger partial charge in [-0.2, -0.15) is 0 Å². The zero-order valence-corrected chi connectivity index (χ0v) is 16.2. The topological polar surface area (TPSA) is 62.7 Å². The number of fused-ring (bicyclic) bond motifs is 1. The highest BCUT2D eigenvalue weighted by molar-refractivity contribution is 7.80. The molecule has 2 heterocycles. The molecule has 0 spiro atoms. The van der Waals surface area contributed by atoms with Gasteiger partial charge in [-0.1, -0.05) is 60.7 Å². The van der Waals surface area contributed by atoms with Crippen molar-refractivity contribution in [3.63, 3.8) is 0 Å². The van der Waals surface area contributed by atoms with Gasteiger partial charge in [-0.15, -0.1) is 0 Å². The SMILES string of the molecule is CCNC(=S)Nc1cncc2nc(-c3ccccc3)c(-c3ccccc3)nc12. The van der Waals surface area contributed by atoms with Gasteiger partial charge in [-0.3, -0.25) is 4.98 Å². The first kappa shape index (κ1) is 18.0. The molecule has 138 valence electrons. The van der Waals surface area contributed by atoms with Crippen molar-refractivity contribution in [1.82, 2.24) is 20.3 Å². The number of benzene rings is 2. The maximum atomic E-state index is 5.33. The molecule has 2 aromatic carbocycles. The molecule has 2 aromatic heterocycles. The van der Waals surface area contributed by atoms with E-state index in [1.54, 1.807) is 12.4 Å². The van der Waals surface area contributed by atoms with Crippen molar-refractivity contribution in [2.75, 3.05) is 11.9 Å². The molecule has 0 bridgehead atoms. The number of aromatic nitrogens is 3. The van der Waals surface area contributed by atoms with Gasteiger partial charge in [0, 0.05) is 17.7 Å². The number of anilines is 1. The minimum atomic E-state index is 0.534. The highest BCUT2D eigenvalue weighted by atomic mass is 32.1. The number of thiocarbonyl (C=S) groups is 1. The van der Waals surface area contributed by atoms with Crippen molar-refractivity contribution in [3.8, 4) is 22.5 Å². The van der Waals surface area contributed by atoms with Crippen molar-refractivity contribution < 1.29 is 0 Å². The average molecular weight is 385 g/mol. The van der Waals surface area contributed by atoms with E-state index in [1.165, 1.54) is 0 Å². The summed E-state index contributed by atoms with van der Waals surface area (Å²) in [5, 5.41) is 6.80. The Bertz CT molecular complexity index is 1110. The van der Waals surface area contributed by atoms with Gasteiger partial charge in [0.1, 0.15) is 11.0 Å². The fourth-order valence-corrected chi connectivity index (χ4v) is 3.25. The fraction of sp³-hybridized carbons (Fsp3) is 0.0909. The lowest BCUT2D eigenvalue weighted by atomic mass is 10.0. The van der Waals surface area contributed by atoms with Crippen molar-refractivity contribution in [2.45, 2.75) is 6.92 Å². The first-order chi connectivity index (χ1) is 13.8. The van der Waals surface area contributed by atoms with Crippen LogP contribution in [0.4, 0.5) is 5.69 Å². The fourth-order valence-electron chi connectivity index (χ4n) is 2.99. The second-order valence-corrected chi connectivity index (χ2v) is 6.60. The number of nitrogens with zero attached hydrogens (tertiary/aromatic N) is 3. The minimum Gasteiger partial charge on any atom is -0.363 e. The summed E-state index contributed by atoms with van der Waals surface area (Å²) in [6, 6.07) is 20.2. The second kappa shape index (κ2) is 8.10. The summed E-state index contributed by atoms with van der Waals surface area (Å²) in [5.74, 6) is 0. The lowest BCUT2D eigenvalue weighted by Gasteiger charge is -2.14. The largest absolute Gasteiger partial charge is 0.363 e. The van der Waals surface area contributed by atoms with Crippen molar-refractivity contribution >= 4 is 34.1 Å². The van der Waals surface area contributed by atoms with Gasteiger partial charge >= 0.3 is 0 Å². The predicted octanol–water partition coefficient (Wildman–Crippen LogP) is 4.67. The van der Waals surface area contributed by atoms with Crippen molar-refractivity contribution in [3.05, 3.63) is 73.1 Å². The Labute approximate surface area is 168 Å². The molecule has 0 aliphatic heterocycles. The standard InChI is InChI=1S/C22H19N5S/c1-2-24-22(28)26-18-14-23-13-17-21(18)27-20(16-11-7-4-8-12-16)19(25-17)15-9-5-3-6-10-15/h3-14H,2H2,1H3,(H2,24,26,28). The molecule has 0 unspecified atom stereocenters. The number of pyridine rings is 1. The van der Waals surface area contributed by atoms with Crippen LogP contribution in [0.15, 0.2) is 73.1 Å². The quantitative estimate of drug-likeness (QED) is 0.498. The first-order valence-electron chi connectivity index (χ1n) is 9.07. The molecular weight excluding hydrogens is 366 g/mol. The molecule has 0 aliphatic rings. The van der Waals surface area contributed by atoms with Crippen LogP contribution in [0, 0.1) is 0 Å². The molecule has 0 radical (unpaired) electrons. The van der Waals surface area contributed by atoms with Gasteiger partial charge in [-0.25, -0.2) is 9.97 Å². The Kier molecular flexibility index (Phi) is 5.21. The van der Waals surface area contributed by atoms with Crippen molar-refractivity contribution in [1.29, 1.82) is 0 Å². The summed E-state index contributed by atoms with van der Waals surface area (Å²) in [6.45, 7) is 2.73. The van der Waals surface area contributed by atoms with Gasteiger partial charge in [0.15, 0.2) is 5.11 Å². The molecule has 0 saturated carbocycles. The van der Waals surface area contributed by atoms with E-state index in [0.29, 0.717) is 10.6 Å². The van der Waals surface area contributed by atoms with Crippen LogP contribution in [0.5, 0.6) is 0 Å². The molecule has 2 N–H and O–H groups in total. The van der Waals surface area contributed by atoms with E-state index in [4.69, 9.17) is 22.2 Å². The summed E-state index contributed by atoms with van der Waals surface area (Å²) in [4.78, 5) is 14.2. The predicted molar refractivity (Wildman–Crippen MR) is 118 cm³/mol. The average Bonchev–Trinajstić information content (AvgIpc) is 2.74. The van der Waals surface area contributed by atoms with E-state index in [9.17, 15) is 0 Å². The van der Waals surface area contributed by atoms with E-state index in [-0.39, 0.29) is 0 Å². The van der Waals surface area contributed by atoms with Gasteiger partial charge in [-0.05, 0) is 19.1 Å². The van der Waals surface area contributed by atoms with Crippen LogP contribution in [0.3, 0.4) is 0 Å². The molecule has 4 aromatic rings. The molecule has 0 amide bonds. The first-order valence-corrected chi connectivity index (χ1v) is 9.48. The zero-order chi connectivity index (χ0) is 19.3. The van der Waals surface area contributed by atoms with Crippen LogP contribution in [0.2, 0.25) is 0 Å². The Morgan fingerprint density at radius 2 is 1.46 bits per heavy atom. The highest BCUT2D eigenvalue weighted by Gasteiger charge is 2.15. The summed E-state index contributed by atoms with van der Waals surface area (Å²) >= 11 is 5.33. The summed E-state index contributed by atoms with van der Waals surface area (Å²) in [6.07, 6.45) is 3.45. The molecule has 28 heavy (non-hydrogen) atoms. The second-order valence-electron chi connectivity index (χ2n) is 6.19. The summed E-state index contributed by atoms with van der Waals surface area (Å²) < 4.78 is 0. The van der Waals surface area contributed by atoms with E-state index >= 15 is 0 Å². The number of nitrogens with one attached hydrogen (secondary N) is 2. The Balaban J connectivity index is 1.93. The maximum absolute atomic E-state index is 5.33. The third kappa shape index (κ3) is 3.68. The Hall–Kier alpha value is -3.38. The number of rotatable bonds is 4. The number of hydrogen-bond acceptors (Lipinski definition) is 4. The maximum Gasteiger partial charge on any atom is 0.170 e. The van der Waals surface area contributed by atoms with E-state index < -0.39 is 0 Å². The van der Waals surface area contributed by atoms with Crippen LogP contribution in [-0.4, -0.2) is 26.6 Å². The molecule has 6 heteroatoms. The summed E-state index contributed by atoms with van der Waals surface area (Å²) in [5.41, 5.74) is 5.84. The van der Waals surface area contributed by atoms with Gasteiger partial charge < -0.3 is 10.6 Å². The van der Waals surface area contributed by atoms with Gasteiger partial charge in [0.05, 0.1) is 29.5 Å². The number of hydrogen-bond donors (Lipinski definition) is 2. The molecule has 5 nitrogen and oxygen atoms in total. The van der Waals surface area contributed by atoms with Crippen LogP contribution in [0.25, 0.3) is 33.5 Å². The molecule has 0 saturated heterocycles. The molecular formula is C22H19N5S. The third-order valence-corrected chi connectivity index (χ3v) is 4.50. The monoisotopic (exact) mass is 385 g/mol. The van der Waals surface area contributed by atoms with Crippen LogP contribution >= 0.6 is 12.2 Å². The molecule has 0 atom stereocenters. The zero-order valence-electron chi connectivity index (χ0n) is 15.4. The minimum absolute atomic E-state index is 0.534. The molecule has 0 fully saturated rings. The molecule has 4 rings (SSSR count). The van der Waals surface area contributed by atoms with E-state index in [0.717, 1.165) is 40.3 Å². The Morgan fingerprint density at radius 1 is 0.857 bits per heavy atom.